The van der Waals surface area contributed by atoms with Crippen LogP contribution >= 0.6 is 0 Å². The van der Waals surface area contributed by atoms with Crippen LogP contribution < -0.4 is 10.6 Å². The fourth-order valence-electron chi connectivity index (χ4n) is 1.40. The molecule has 0 aliphatic heterocycles. The number of amides is 2. The van der Waals surface area contributed by atoms with Gasteiger partial charge in [-0.3, -0.25) is 9.59 Å². The lowest BCUT2D eigenvalue weighted by atomic mass is 9.95. The second-order valence-electron chi connectivity index (χ2n) is 5.54. The highest BCUT2D eigenvalue weighted by molar-refractivity contribution is 5.98. The minimum absolute atomic E-state index is 0.0707. The molecule has 4 heteroatoms. The molecule has 0 saturated carbocycles. The molecule has 104 valence electrons. The predicted octanol–water partition coefficient (Wildman–Crippen LogP) is 2.81. The molecule has 0 radical (unpaired) electrons. The summed E-state index contributed by atoms with van der Waals surface area (Å²) < 4.78 is 0. The van der Waals surface area contributed by atoms with Gasteiger partial charge in [0, 0.05) is 23.2 Å². The molecule has 4 nitrogen and oxygen atoms in total. The number of anilines is 1. The van der Waals surface area contributed by atoms with Gasteiger partial charge in [0.1, 0.15) is 0 Å². The maximum Gasteiger partial charge on any atom is 0.251 e. The fraction of sp³-hybridized carbons (Fsp3) is 0.467. The third kappa shape index (κ3) is 4.73. The number of hydrogen-bond acceptors (Lipinski definition) is 2. The van der Waals surface area contributed by atoms with Crippen molar-refractivity contribution in [3.63, 3.8) is 0 Å². The Morgan fingerprint density at radius 1 is 1.21 bits per heavy atom. The molecule has 0 aromatic heterocycles. The van der Waals surface area contributed by atoms with E-state index >= 15 is 0 Å². The Kier molecular flexibility index (Phi) is 5.10. The number of rotatable bonds is 4. The summed E-state index contributed by atoms with van der Waals surface area (Å²) in [5.41, 5.74) is 0.741. The maximum atomic E-state index is 11.9. The van der Waals surface area contributed by atoms with Crippen LogP contribution in [-0.4, -0.2) is 18.4 Å². The monoisotopic (exact) mass is 262 g/mol. The standard InChI is InChI=1S/C15H22N2O2/c1-5-9-16-13(18)11-7-6-8-12(10-11)17-14(19)15(2,3)4/h6-8,10H,5,9H2,1-4H3,(H,16,18)(H,17,19). The van der Waals surface area contributed by atoms with Crippen LogP contribution in [0.5, 0.6) is 0 Å². The molecule has 1 rings (SSSR count). The molecule has 0 heterocycles. The van der Waals surface area contributed by atoms with Crippen LogP contribution in [0.1, 0.15) is 44.5 Å². The Hall–Kier alpha value is -1.84. The highest BCUT2D eigenvalue weighted by atomic mass is 16.2. The zero-order valence-corrected chi connectivity index (χ0v) is 12.0. The minimum Gasteiger partial charge on any atom is -0.352 e. The van der Waals surface area contributed by atoms with E-state index in [0.717, 1.165) is 6.42 Å². The molecule has 0 bridgehead atoms. The van der Waals surface area contributed by atoms with E-state index in [1.165, 1.54) is 0 Å². The maximum absolute atomic E-state index is 11.9. The summed E-state index contributed by atoms with van der Waals surface area (Å²) >= 11 is 0. The SMILES string of the molecule is CCCNC(=O)c1cccc(NC(=O)C(C)(C)C)c1. The van der Waals surface area contributed by atoms with Crippen molar-refractivity contribution in [1.82, 2.24) is 5.32 Å². The van der Waals surface area contributed by atoms with Gasteiger partial charge in [0.25, 0.3) is 5.91 Å². The minimum atomic E-state index is -0.458. The molecule has 2 N–H and O–H groups in total. The van der Waals surface area contributed by atoms with E-state index in [2.05, 4.69) is 10.6 Å². The number of benzene rings is 1. The van der Waals surface area contributed by atoms with E-state index < -0.39 is 5.41 Å². The van der Waals surface area contributed by atoms with Gasteiger partial charge in [-0.25, -0.2) is 0 Å². The van der Waals surface area contributed by atoms with Crippen LogP contribution in [0.4, 0.5) is 5.69 Å². The molecule has 0 saturated heterocycles. The van der Waals surface area contributed by atoms with Crippen molar-refractivity contribution in [2.24, 2.45) is 5.41 Å². The highest BCUT2D eigenvalue weighted by Gasteiger charge is 2.21. The van der Waals surface area contributed by atoms with Crippen molar-refractivity contribution >= 4 is 17.5 Å². The molecule has 0 spiro atoms. The van der Waals surface area contributed by atoms with E-state index in [-0.39, 0.29) is 11.8 Å². The van der Waals surface area contributed by atoms with Gasteiger partial charge in [-0.2, -0.15) is 0 Å². The quantitative estimate of drug-likeness (QED) is 0.876. The summed E-state index contributed by atoms with van der Waals surface area (Å²) in [7, 11) is 0. The van der Waals surface area contributed by atoms with Gasteiger partial charge in [0.2, 0.25) is 5.91 Å². The zero-order chi connectivity index (χ0) is 14.5. The van der Waals surface area contributed by atoms with Gasteiger partial charge in [0.05, 0.1) is 0 Å². The average molecular weight is 262 g/mol. The first-order chi connectivity index (χ1) is 8.84. The molecule has 1 aromatic carbocycles. The van der Waals surface area contributed by atoms with Crippen molar-refractivity contribution in [2.45, 2.75) is 34.1 Å². The lowest BCUT2D eigenvalue weighted by Crippen LogP contribution is -2.28. The van der Waals surface area contributed by atoms with E-state index in [0.29, 0.717) is 17.8 Å². The molecule has 0 aliphatic carbocycles. The van der Waals surface area contributed by atoms with Gasteiger partial charge in [-0.05, 0) is 24.6 Å². The summed E-state index contributed by atoms with van der Waals surface area (Å²) in [6, 6.07) is 6.96. The lowest BCUT2D eigenvalue weighted by Gasteiger charge is -2.17. The van der Waals surface area contributed by atoms with Gasteiger partial charge in [-0.15, -0.1) is 0 Å². The number of hydrogen-bond donors (Lipinski definition) is 2. The Morgan fingerprint density at radius 2 is 1.89 bits per heavy atom. The first kappa shape index (κ1) is 15.2. The molecule has 0 aliphatic rings. The summed E-state index contributed by atoms with van der Waals surface area (Å²) in [6.07, 6.45) is 0.895. The molecule has 19 heavy (non-hydrogen) atoms. The van der Waals surface area contributed by atoms with Crippen LogP contribution in [0.2, 0.25) is 0 Å². The molecule has 2 amide bonds. The van der Waals surface area contributed by atoms with Gasteiger partial charge < -0.3 is 10.6 Å². The smallest absolute Gasteiger partial charge is 0.251 e. The van der Waals surface area contributed by atoms with E-state index in [9.17, 15) is 9.59 Å². The Bertz CT molecular complexity index is 461. The summed E-state index contributed by atoms with van der Waals surface area (Å²) in [5.74, 6) is -0.188. The molecule has 0 unspecified atom stereocenters. The molecular weight excluding hydrogens is 240 g/mol. The third-order valence-electron chi connectivity index (χ3n) is 2.60. The first-order valence-electron chi connectivity index (χ1n) is 6.54. The van der Waals surface area contributed by atoms with Crippen LogP contribution in [-0.2, 0) is 4.79 Å². The Labute approximate surface area is 114 Å². The lowest BCUT2D eigenvalue weighted by molar-refractivity contribution is -0.123. The normalized spacial score (nSPS) is 10.9. The van der Waals surface area contributed by atoms with Crippen LogP contribution in [0, 0.1) is 5.41 Å². The van der Waals surface area contributed by atoms with Crippen molar-refractivity contribution in [3.05, 3.63) is 29.8 Å². The zero-order valence-electron chi connectivity index (χ0n) is 12.0. The number of carbonyl (C=O) groups excluding carboxylic acids is 2. The van der Waals surface area contributed by atoms with E-state index in [1.54, 1.807) is 24.3 Å². The summed E-state index contributed by atoms with van der Waals surface area (Å²) in [4.78, 5) is 23.7. The molecule has 0 atom stereocenters. The van der Waals surface area contributed by atoms with Crippen LogP contribution in [0.25, 0.3) is 0 Å². The molecule has 0 fully saturated rings. The van der Waals surface area contributed by atoms with E-state index in [4.69, 9.17) is 0 Å². The van der Waals surface area contributed by atoms with Crippen molar-refractivity contribution in [1.29, 1.82) is 0 Å². The van der Waals surface area contributed by atoms with E-state index in [1.807, 2.05) is 27.7 Å². The largest absolute Gasteiger partial charge is 0.352 e. The van der Waals surface area contributed by atoms with Crippen LogP contribution in [0.3, 0.4) is 0 Å². The Balaban J connectivity index is 2.77. The topological polar surface area (TPSA) is 58.2 Å². The fourth-order valence-corrected chi connectivity index (χ4v) is 1.40. The second kappa shape index (κ2) is 6.36. The average Bonchev–Trinajstić information content (AvgIpc) is 2.35. The van der Waals surface area contributed by atoms with Gasteiger partial charge >= 0.3 is 0 Å². The summed E-state index contributed by atoms with van der Waals surface area (Å²) in [5, 5.41) is 5.62. The highest BCUT2D eigenvalue weighted by Crippen LogP contribution is 2.18. The molecule has 1 aromatic rings. The third-order valence-corrected chi connectivity index (χ3v) is 2.60. The number of nitrogens with one attached hydrogen (secondary N) is 2. The van der Waals surface area contributed by atoms with Crippen molar-refractivity contribution in [2.75, 3.05) is 11.9 Å². The molecular formula is C15H22N2O2. The van der Waals surface area contributed by atoms with Gasteiger partial charge in [-0.1, -0.05) is 33.8 Å². The van der Waals surface area contributed by atoms with Crippen LogP contribution in [0.15, 0.2) is 24.3 Å². The first-order valence-corrected chi connectivity index (χ1v) is 6.54. The Morgan fingerprint density at radius 3 is 2.47 bits per heavy atom. The number of carbonyl (C=O) groups is 2. The van der Waals surface area contributed by atoms with Crippen molar-refractivity contribution < 1.29 is 9.59 Å². The second-order valence-corrected chi connectivity index (χ2v) is 5.54. The summed E-state index contributed by atoms with van der Waals surface area (Å²) in [6.45, 7) is 8.19. The van der Waals surface area contributed by atoms with Crippen molar-refractivity contribution in [3.8, 4) is 0 Å². The van der Waals surface area contributed by atoms with Gasteiger partial charge in [0.15, 0.2) is 0 Å². The predicted molar refractivity (Wildman–Crippen MR) is 77.2 cm³/mol.